The van der Waals surface area contributed by atoms with E-state index in [-0.39, 0.29) is 17.7 Å². The monoisotopic (exact) mass is 360 g/mol. The molecule has 0 radical (unpaired) electrons. The summed E-state index contributed by atoms with van der Waals surface area (Å²) in [5, 5.41) is 6.40. The Bertz CT molecular complexity index is 792. The molecule has 1 aliphatic rings. The summed E-state index contributed by atoms with van der Waals surface area (Å²) in [6.45, 7) is 4.01. The van der Waals surface area contributed by atoms with E-state index in [2.05, 4.69) is 10.6 Å². The van der Waals surface area contributed by atoms with Gasteiger partial charge in [-0.2, -0.15) is 0 Å². The van der Waals surface area contributed by atoms with Crippen molar-refractivity contribution in [3.8, 4) is 11.5 Å². The number of rotatable bonds is 3. The summed E-state index contributed by atoms with van der Waals surface area (Å²) in [5.74, 6) is 1.48. The molecule has 132 valence electrons. The normalized spacial score (nSPS) is 17.8. The number of hydrogen-bond acceptors (Lipinski definition) is 3. The maximum Gasteiger partial charge on any atom is 0.319 e. The van der Waals surface area contributed by atoms with E-state index < -0.39 is 0 Å². The lowest BCUT2D eigenvalue weighted by atomic mass is 9.89. The number of benzene rings is 2. The number of methoxy groups -OCH3 is 1. The van der Waals surface area contributed by atoms with Crippen LogP contribution >= 0.6 is 11.6 Å². The molecule has 0 saturated carbocycles. The molecule has 2 aromatic carbocycles. The number of anilines is 1. The van der Waals surface area contributed by atoms with Crippen LogP contribution in [-0.4, -0.2) is 18.7 Å². The van der Waals surface area contributed by atoms with E-state index in [4.69, 9.17) is 21.1 Å². The molecule has 0 aliphatic carbocycles. The summed E-state index contributed by atoms with van der Waals surface area (Å²) in [6, 6.07) is 12.2. The van der Waals surface area contributed by atoms with Gasteiger partial charge in [-0.15, -0.1) is 0 Å². The molecule has 2 N–H and O–H groups in total. The first-order chi connectivity index (χ1) is 11.9. The molecule has 25 heavy (non-hydrogen) atoms. The third-order valence-corrected chi connectivity index (χ3v) is 4.30. The van der Waals surface area contributed by atoms with Gasteiger partial charge in [0.25, 0.3) is 0 Å². The summed E-state index contributed by atoms with van der Waals surface area (Å²) >= 11 is 5.96. The lowest BCUT2D eigenvalue weighted by Crippen LogP contribution is -2.42. The highest BCUT2D eigenvalue weighted by Crippen LogP contribution is 2.41. The number of ether oxygens (including phenoxy) is 2. The largest absolute Gasteiger partial charge is 0.497 e. The van der Waals surface area contributed by atoms with Crippen LogP contribution in [0.2, 0.25) is 5.02 Å². The van der Waals surface area contributed by atoms with Crippen molar-refractivity contribution >= 4 is 23.3 Å². The number of nitrogens with one attached hydrogen (secondary N) is 2. The number of halogens is 1. The van der Waals surface area contributed by atoms with Gasteiger partial charge in [0.15, 0.2) is 0 Å². The van der Waals surface area contributed by atoms with Crippen LogP contribution in [0.4, 0.5) is 10.5 Å². The Morgan fingerprint density at radius 1 is 1.28 bits per heavy atom. The third kappa shape index (κ3) is 4.17. The van der Waals surface area contributed by atoms with Crippen LogP contribution in [0.15, 0.2) is 42.5 Å². The van der Waals surface area contributed by atoms with Crippen LogP contribution in [-0.2, 0) is 0 Å². The van der Waals surface area contributed by atoms with Crippen molar-refractivity contribution in [3.05, 3.63) is 53.1 Å². The van der Waals surface area contributed by atoms with Crippen molar-refractivity contribution in [3.63, 3.8) is 0 Å². The van der Waals surface area contributed by atoms with Gasteiger partial charge in [-0.3, -0.25) is 0 Å². The first-order valence-electron chi connectivity index (χ1n) is 8.06. The van der Waals surface area contributed by atoms with Crippen molar-refractivity contribution in [2.75, 3.05) is 12.4 Å². The zero-order valence-electron chi connectivity index (χ0n) is 14.4. The maximum atomic E-state index is 12.4. The smallest absolute Gasteiger partial charge is 0.319 e. The average molecular weight is 361 g/mol. The van der Waals surface area contributed by atoms with Crippen molar-refractivity contribution in [2.24, 2.45) is 0 Å². The number of urea groups is 1. The van der Waals surface area contributed by atoms with Gasteiger partial charge in [0.1, 0.15) is 17.1 Å². The molecule has 0 spiro atoms. The first kappa shape index (κ1) is 17.4. The van der Waals surface area contributed by atoms with Crippen LogP contribution < -0.4 is 20.1 Å². The van der Waals surface area contributed by atoms with E-state index in [0.717, 1.165) is 17.1 Å². The molecule has 1 aliphatic heterocycles. The second kappa shape index (κ2) is 6.84. The van der Waals surface area contributed by atoms with Crippen LogP contribution in [0.25, 0.3) is 0 Å². The molecule has 2 amide bonds. The lowest BCUT2D eigenvalue weighted by Gasteiger charge is -2.38. The maximum absolute atomic E-state index is 12.4. The fourth-order valence-corrected chi connectivity index (χ4v) is 3.17. The van der Waals surface area contributed by atoms with Gasteiger partial charge >= 0.3 is 6.03 Å². The SMILES string of the molecule is COc1ccc2c(c1)C(NC(=O)Nc1cccc(Cl)c1)CC(C)(C)O2. The van der Waals surface area contributed by atoms with Crippen LogP contribution in [0.3, 0.4) is 0 Å². The highest BCUT2D eigenvalue weighted by molar-refractivity contribution is 6.30. The van der Waals surface area contributed by atoms with E-state index >= 15 is 0 Å². The fraction of sp³-hybridized carbons (Fsp3) is 0.316. The molecule has 6 heteroatoms. The standard InChI is InChI=1S/C19H21ClN2O3/c1-19(2)11-16(15-10-14(24-3)7-8-17(15)25-19)22-18(23)21-13-6-4-5-12(20)9-13/h4-10,16H,11H2,1-3H3,(H2,21,22,23). The molecule has 0 bridgehead atoms. The predicted octanol–water partition coefficient (Wildman–Crippen LogP) is 4.77. The molecule has 1 unspecified atom stereocenters. The van der Waals surface area contributed by atoms with E-state index in [1.54, 1.807) is 31.4 Å². The minimum Gasteiger partial charge on any atom is -0.497 e. The molecule has 0 fully saturated rings. The number of fused-ring (bicyclic) bond motifs is 1. The average Bonchev–Trinajstić information content (AvgIpc) is 2.53. The van der Waals surface area contributed by atoms with Crippen molar-refractivity contribution in [1.29, 1.82) is 0 Å². The Balaban J connectivity index is 1.80. The molecule has 0 aromatic heterocycles. The minimum atomic E-state index is -0.379. The lowest BCUT2D eigenvalue weighted by molar-refractivity contribution is 0.0681. The Morgan fingerprint density at radius 3 is 2.80 bits per heavy atom. The van der Waals surface area contributed by atoms with Gasteiger partial charge in [0.05, 0.1) is 13.2 Å². The molecular weight excluding hydrogens is 340 g/mol. The van der Waals surface area contributed by atoms with Crippen LogP contribution in [0, 0.1) is 0 Å². The van der Waals surface area contributed by atoms with Gasteiger partial charge < -0.3 is 20.1 Å². The number of hydrogen-bond donors (Lipinski definition) is 2. The zero-order chi connectivity index (χ0) is 18.0. The summed E-state index contributed by atoms with van der Waals surface area (Å²) in [7, 11) is 1.61. The van der Waals surface area contributed by atoms with Crippen LogP contribution in [0.1, 0.15) is 31.9 Å². The summed E-state index contributed by atoms with van der Waals surface area (Å²) in [5.41, 5.74) is 1.16. The van der Waals surface area contributed by atoms with Gasteiger partial charge in [0, 0.05) is 22.7 Å². The van der Waals surface area contributed by atoms with E-state index in [0.29, 0.717) is 17.1 Å². The number of carbonyl (C=O) groups is 1. The topological polar surface area (TPSA) is 59.6 Å². The van der Waals surface area contributed by atoms with Crippen molar-refractivity contribution in [1.82, 2.24) is 5.32 Å². The molecular formula is C19H21ClN2O3. The molecule has 3 rings (SSSR count). The molecule has 5 nitrogen and oxygen atoms in total. The van der Waals surface area contributed by atoms with Gasteiger partial charge in [0.2, 0.25) is 0 Å². The molecule has 2 aromatic rings. The number of carbonyl (C=O) groups excluding carboxylic acids is 1. The van der Waals surface area contributed by atoms with Crippen LogP contribution in [0.5, 0.6) is 11.5 Å². The highest BCUT2D eigenvalue weighted by atomic mass is 35.5. The third-order valence-electron chi connectivity index (χ3n) is 4.06. The molecule has 1 heterocycles. The predicted molar refractivity (Wildman–Crippen MR) is 98.7 cm³/mol. The Hall–Kier alpha value is -2.40. The Kier molecular flexibility index (Phi) is 4.77. The van der Waals surface area contributed by atoms with Gasteiger partial charge in [-0.1, -0.05) is 17.7 Å². The minimum absolute atomic E-state index is 0.187. The molecule has 0 saturated heterocycles. The summed E-state index contributed by atoms with van der Waals surface area (Å²) in [4.78, 5) is 12.4. The van der Waals surface area contributed by atoms with E-state index in [1.165, 1.54) is 0 Å². The Labute approximate surface area is 152 Å². The van der Waals surface area contributed by atoms with Gasteiger partial charge in [-0.25, -0.2) is 4.79 Å². The van der Waals surface area contributed by atoms with Crippen molar-refractivity contribution < 1.29 is 14.3 Å². The van der Waals surface area contributed by atoms with E-state index in [1.807, 2.05) is 32.0 Å². The Morgan fingerprint density at radius 2 is 2.08 bits per heavy atom. The summed E-state index contributed by atoms with van der Waals surface area (Å²) < 4.78 is 11.3. The quantitative estimate of drug-likeness (QED) is 0.828. The molecule has 1 atom stereocenters. The second-order valence-corrected chi connectivity index (χ2v) is 7.07. The van der Waals surface area contributed by atoms with Gasteiger partial charge in [-0.05, 0) is 50.2 Å². The highest BCUT2D eigenvalue weighted by Gasteiger charge is 2.34. The van der Waals surface area contributed by atoms with Crippen molar-refractivity contribution in [2.45, 2.75) is 31.9 Å². The number of amides is 2. The van der Waals surface area contributed by atoms with E-state index in [9.17, 15) is 4.79 Å². The fourth-order valence-electron chi connectivity index (χ4n) is 2.98. The summed E-state index contributed by atoms with van der Waals surface area (Å²) in [6.07, 6.45) is 0.649. The second-order valence-electron chi connectivity index (χ2n) is 6.63. The zero-order valence-corrected chi connectivity index (χ0v) is 15.2. The first-order valence-corrected chi connectivity index (χ1v) is 8.44.